The van der Waals surface area contributed by atoms with E-state index in [-0.39, 0.29) is 0 Å². The lowest BCUT2D eigenvalue weighted by molar-refractivity contribution is 0.198. The first-order valence-corrected chi connectivity index (χ1v) is 8.79. The Morgan fingerprint density at radius 1 is 0.909 bits per heavy atom. The molecule has 1 heterocycles. The number of benzene rings is 2. The van der Waals surface area contributed by atoms with Crippen LogP contribution < -0.4 is 10.6 Å². The maximum atomic E-state index is 12.8. The zero-order valence-electron chi connectivity index (χ0n) is 12.2. The van der Waals surface area contributed by atoms with Crippen LogP contribution in [0, 0.1) is 0 Å². The Hall–Kier alpha value is -2.06. The molecule has 0 aliphatic carbocycles. The van der Waals surface area contributed by atoms with Crippen molar-refractivity contribution in [3.05, 3.63) is 71.1 Å². The van der Waals surface area contributed by atoms with Crippen LogP contribution in [0.5, 0.6) is 0 Å². The number of hydrogen-bond donors (Lipinski definition) is 0. The maximum Gasteiger partial charge on any atom is 0.228 e. The monoisotopic (exact) mass is 315 g/mol. The van der Waals surface area contributed by atoms with Gasteiger partial charge in [-0.3, -0.25) is 0 Å². The molecule has 0 N–H and O–H groups in total. The lowest BCUT2D eigenvalue weighted by atomic mass is 10.4. The van der Waals surface area contributed by atoms with Crippen LogP contribution in [0.4, 0.5) is 0 Å². The van der Waals surface area contributed by atoms with E-state index in [2.05, 4.69) is 9.80 Å². The lowest BCUT2D eigenvalue weighted by Crippen LogP contribution is -2.13. The molecule has 2 aromatic rings. The molecule has 22 heavy (non-hydrogen) atoms. The van der Waals surface area contributed by atoms with E-state index in [1.807, 2.05) is 12.1 Å². The summed E-state index contributed by atoms with van der Waals surface area (Å²) in [6, 6.07) is 17.6. The van der Waals surface area contributed by atoms with Crippen molar-refractivity contribution in [2.24, 2.45) is 4.88 Å². The molecule has 5 nitrogen and oxygen atoms in total. The van der Waals surface area contributed by atoms with Gasteiger partial charge in [-0.25, -0.2) is 0 Å². The second-order valence-corrected chi connectivity index (χ2v) is 7.11. The van der Waals surface area contributed by atoms with Crippen LogP contribution in [0.1, 0.15) is 12.8 Å². The van der Waals surface area contributed by atoms with E-state index >= 15 is 0 Å². The molecule has 6 heteroatoms. The van der Waals surface area contributed by atoms with Crippen molar-refractivity contribution in [2.75, 3.05) is 13.2 Å². The Morgan fingerprint density at radius 2 is 1.36 bits per heavy atom. The average Bonchev–Trinajstić information content (AvgIpc) is 3.16. The fraction of sp³-hybridized carbons (Fsp3) is 0.250. The fourth-order valence-electron chi connectivity index (χ4n) is 2.08. The molecule has 0 unspecified atom stereocenters. The zero-order chi connectivity index (χ0) is 15.7. The van der Waals surface area contributed by atoms with Crippen molar-refractivity contribution in [3.63, 3.8) is 0 Å². The van der Waals surface area contributed by atoms with Gasteiger partial charge in [0, 0.05) is 28.7 Å². The molecule has 1 aliphatic rings. The van der Waals surface area contributed by atoms with Crippen molar-refractivity contribution in [1.82, 2.24) is 0 Å². The summed E-state index contributed by atoms with van der Waals surface area (Å²) < 4.78 is 17.7. The third-order valence-electron chi connectivity index (χ3n) is 3.21. The molecule has 1 fully saturated rings. The second kappa shape index (κ2) is 8.40. The third kappa shape index (κ3) is 4.22. The van der Waals surface area contributed by atoms with E-state index in [1.165, 1.54) is 12.8 Å². The molecule has 2 aromatic carbocycles. The predicted octanol–water partition coefficient (Wildman–Crippen LogP) is 4.02. The molecule has 0 amide bonds. The molecule has 0 bridgehead atoms. The molecule has 0 spiro atoms. The summed E-state index contributed by atoms with van der Waals surface area (Å²) in [5.74, 6) is 0. The van der Waals surface area contributed by atoms with Crippen LogP contribution in [-0.2, 0) is 9.30 Å². The molecular formula is C16H18N3O2P. The van der Waals surface area contributed by atoms with Crippen LogP contribution in [0.25, 0.3) is 10.4 Å². The second-order valence-electron chi connectivity index (χ2n) is 4.75. The summed E-state index contributed by atoms with van der Waals surface area (Å²) in [7, 11) is -3.22. The SMILES string of the molecule is C1CCOC1.[N-]=[N+]=NP(=O)(c1ccccc1)c1ccccc1. The van der Waals surface area contributed by atoms with E-state index < -0.39 is 7.29 Å². The summed E-state index contributed by atoms with van der Waals surface area (Å²) in [6.07, 6.45) is 2.56. The molecule has 0 saturated carbocycles. The van der Waals surface area contributed by atoms with Gasteiger partial charge in [0.1, 0.15) is 0 Å². The minimum absolute atomic E-state index is 0.545. The number of rotatable bonds is 3. The molecule has 1 saturated heterocycles. The standard InChI is InChI=1S/C12H10N3OP.C4H8O/c13-14-15-17(16,11-7-3-1-4-8-11)12-9-5-2-6-10-12;1-2-4-5-3-1/h1-10H;1-4H2. The predicted molar refractivity (Wildman–Crippen MR) is 89.0 cm³/mol. The van der Waals surface area contributed by atoms with Gasteiger partial charge in [0.15, 0.2) is 0 Å². The Balaban J connectivity index is 0.000000299. The van der Waals surface area contributed by atoms with Gasteiger partial charge in [0.05, 0.1) is 0 Å². The fourth-order valence-corrected chi connectivity index (χ4v) is 3.85. The zero-order valence-corrected chi connectivity index (χ0v) is 13.1. The average molecular weight is 315 g/mol. The van der Waals surface area contributed by atoms with E-state index in [0.717, 1.165) is 13.2 Å². The van der Waals surface area contributed by atoms with Gasteiger partial charge in [-0.1, -0.05) is 60.7 Å². The van der Waals surface area contributed by atoms with E-state index in [0.29, 0.717) is 10.6 Å². The van der Waals surface area contributed by atoms with Crippen molar-refractivity contribution in [3.8, 4) is 0 Å². The Kier molecular flexibility index (Phi) is 6.23. The highest BCUT2D eigenvalue weighted by molar-refractivity contribution is 7.77. The summed E-state index contributed by atoms with van der Waals surface area (Å²) in [4.78, 5) is 6.26. The first-order chi connectivity index (χ1) is 10.8. The normalized spacial score (nSPS) is 13.6. The lowest BCUT2D eigenvalue weighted by Gasteiger charge is -2.12. The highest BCUT2D eigenvalue weighted by Gasteiger charge is 2.25. The quantitative estimate of drug-likeness (QED) is 0.371. The van der Waals surface area contributed by atoms with E-state index in [1.54, 1.807) is 48.5 Å². The van der Waals surface area contributed by atoms with Gasteiger partial charge in [0.2, 0.25) is 7.29 Å². The Bertz CT molecular complexity index is 615. The number of nitrogens with zero attached hydrogens (tertiary/aromatic N) is 3. The van der Waals surface area contributed by atoms with Crippen molar-refractivity contribution in [1.29, 1.82) is 0 Å². The van der Waals surface area contributed by atoms with Crippen molar-refractivity contribution < 1.29 is 9.30 Å². The first-order valence-electron chi connectivity index (χ1n) is 7.13. The summed E-state index contributed by atoms with van der Waals surface area (Å²) in [5.41, 5.74) is 8.61. The van der Waals surface area contributed by atoms with E-state index in [4.69, 9.17) is 10.3 Å². The van der Waals surface area contributed by atoms with Gasteiger partial charge < -0.3 is 9.30 Å². The number of hydrogen-bond acceptors (Lipinski definition) is 2. The van der Waals surface area contributed by atoms with E-state index in [9.17, 15) is 4.57 Å². The Labute approximate surface area is 130 Å². The molecule has 0 radical (unpaired) electrons. The van der Waals surface area contributed by atoms with Gasteiger partial charge >= 0.3 is 0 Å². The smallest absolute Gasteiger partial charge is 0.228 e. The largest absolute Gasteiger partial charge is 0.381 e. The molecule has 1 aliphatic heterocycles. The summed E-state index contributed by atoms with van der Waals surface area (Å²) in [6.45, 7) is 2.00. The minimum atomic E-state index is -3.22. The van der Waals surface area contributed by atoms with Crippen molar-refractivity contribution >= 4 is 17.9 Å². The van der Waals surface area contributed by atoms with Crippen LogP contribution >= 0.6 is 7.29 Å². The first kappa shape index (κ1) is 16.3. The van der Waals surface area contributed by atoms with Gasteiger partial charge in [0.25, 0.3) is 0 Å². The van der Waals surface area contributed by atoms with Gasteiger partial charge in [-0.05, 0) is 23.3 Å². The topological polar surface area (TPSA) is 75.1 Å². The summed E-state index contributed by atoms with van der Waals surface area (Å²) >= 11 is 0. The van der Waals surface area contributed by atoms with Crippen LogP contribution in [-0.4, -0.2) is 13.2 Å². The van der Waals surface area contributed by atoms with Gasteiger partial charge in [-0.15, -0.1) is 0 Å². The van der Waals surface area contributed by atoms with Crippen molar-refractivity contribution in [2.45, 2.75) is 12.8 Å². The molecule has 0 aromatic heterocycles. The maximum absolute atomic E-state index is 12.8. The Morgan fingerprint density at radius 3 is 1.68 bits per heavy atom. The van der Waals surface area contributed by atoms with Gasteiger partial charge in [-0.2, -0.15) is 0 Å². The number of azide groups is 1. The molecular weight excluding hydrogens is 297 g/mol. The highest BCUT2D eigenvalue weighted by atomic mass is 31.2. The van der Waals surface area contributed by atoms with Crippen LogP contribution in [0.2, 0.25) is 0 Å². The third-order valence-corrected chi connectivity index (χ3v) is 5.53. The number of ether oxygens (including phenoxy) is 1. The summed E-state index contributed by atoms with van der Waals surface area (Å²) in [5, 5.41) is 1.09. The molecule has 114 valence electrons. The van der Waals surface area contributed by atoms with Crippen LogP contribution in [0.3, 0.4) is 0 Å². The highest BCUT2D eigenvalue weighted by Crippen LogP contribution is 2.44. The minimum Gasteiger partial charge on any atom is -0.381 e. The molecule has 0 atom stereocenters. The van der Waals surface area contributed by atoms with Crippen LogP contribution in [0.15, 0.2) is 65.5 Å². The molecule has 3 rings (SSSR count).